The molecule has 0 saturated carbocycles. The normalized spacial score (nSPS) is 22.1. The van der Waals surface area contributed by atoms with E-state index in [-0.39, 0.29) is 23.4 Å². The van der Waals surface area contributed by atoms with Crippen molar-refractivity contribution in [3.8, 4) is 0 Å². The Kier molecular flexibility index (Phi) is 13.4. The molecule has 0 bridgehead atoms. The van der Waals surface area contributed by atoms with Crippen molar-refractivity contribution in [3.05, 3.63) is 46.4 Å². The molecular formula is C28H48N2O3. The number of hydrogen-bond acceptors (Lipinski definition) is 5. The van der Waals surface area contributed by atoms with Crippen LogP contribution in [-0.4, -0.2) is 56.2 Å². The molecule has 0 radical (unpaired) electrons. The Balaban J connectivity index is 2.72. The second-order valence-corrected chi connectivity index (χ2v) is 9.99. The van der Waals surface area contributed by atoms with Crippen LogP contribution in [0.1, 0.15) is 73.1 Å². The summed E-state index contributed by atoms with van der Waals surface area (Å²) in [7, 11) is 5.58. The van der Waals surface area contributed by atoms with Crippen LogP contribution < -0.4 is 5.32 Å². The van der Waals surface area contributed by atoms with Crippen LogP contribution in [-0.2, 0) is 9.53 Å². The molecule has 0 unspecified atom stereocenters. The summed E-state index contributed by atoms with van der Waals surface area (Å²) in [6, 6.07) is 0. The van der Waals surface area contributed by atoms with E-state index in [0.717, 1.165) is 38.6 Å². The van der Waals surface area contributed by atoms with Gasteiger partial charge in [0.2, 0.25) is 5.78 Å². The molecular weight excluding hydrogens is 412 g/mol. The third-order valence-corrected chi connectivity index (χ3v) is 6.39. The summed E-state index contributed by atoms with van der Waals surface area (Å²) in [4.78, 5) is 15.0. The first-order valence-corrected chi connectivity index (χ1v) is 12.4. The fourth-order valence-corrected chi connectivity index (χ4v) is 4.18. The van der Waals surface area contributed by atoms with Gasteiger partial charge in [0.15, 0.2) is 5.76 Å². The quantitative estimate of drug-likeness (QED) is 0.269. The van der Waals surface area contributed by atoms with Gasteiger partial charge in [0.25, 0.3) is 0 Å². The number of aliphatic hydroxyl groups excluding tert-OH is 1. The van der Waals surface area contributed by atoms with E-state index in [1.54, 1.807) is 0 Å². The van der Waals surface area contributed by atoms with Gasteiger partial charge in [-0.05, 0) is 86.9 Å². The molecule has 1 aliphatic rings. The van der Waals surface area contributed by atoms with E-state index in [1.807, 2.05) is 21.0 Å². The topological polar surface area (TPSA) is 61.8 Å². The lowest BCUT2D eigenvalue weighted by Crippen LogP contribution is -2.44. The summed E-state index contributed by atoms with van der Waals surface area (Å²) in [6.45, 7) is 12.2. The van der Waals surface area contributed by atoms with E-state index in [9.17, 15) is 9.90 Å². The number of carbonyl (C=O) groups is 1. The minimum absolute atomic E-state index is 0.0242. The van der Waals surface area contributed by atoms with E-state index in [2.05, 4.69) is 56.1 Å². The number of methoxy groups -OCH3 is 1. The van der Waals surface area contributed by atoms with Gasteiger partial charge in [-0.15, -0.1) is 0 Å². The average Bonchev–Trinajstić information content (AvgIpc) is 2.74. The highest BCUT2D eigenvalue weighted by atomic mass is 16.5. The lowest BCUT2D eigenvalue weighted by atomic mass is 9.76. The Morgan fingerprint density at radius 3 is 2.24 bits per heavy atom. The van der Waals surface area contributed by atoms with E-state index >= 15 is 0 Å². The van der Waals surface area contributed by atoms with E-state index in [4.69, 9.17) is 4.74 Å². The highest BCUT2D eigenvalue weighted by molar-refractivity contribution is 5.97. The summed E-state index contributed by atoms with van der Waals surface area (Å²) in [5.74, 6) is -0.165. The fraction of sp³-hybridized carbons (Fsp3) is 0.679. The third-order valence-electron chi connectivity index (χ3n) is 6.39. The number of aliphatic hydroxyl groups is 1. The molecule has 188 valence electrons. The van der Waals surface area contributed by atoms with Crippen molar-refractivity contribution < 1.29 is 14.6 Å². The van der Waals surface area contributed by atoms with Crippen molar-refractivity contribution in [2.24, 2.45) is 11.8 Å². The molecule has 1 aliphatic carbocycles. The SMILES string of the molecule is COC1=C(NCCCN(C)C)[C@@H](O)[C@@H](C/C=C(\C)CC/C=C(\C)CCC=C(C)C)[C@H](C)C1=O. The second-order valence-electron chi connectivity index (χ2n) is 9.99. The maximum absolute atomic E-state index is 12.9. The highest BCUT2D eigenvalue weighted by Crippen LogP contribution is 2.34. The standard InChI is InChI=1S/C28H48N2O3/c1-20(2)12-9-13-21(3)14-10-15-22(4)16-17-24-23(5)26(31)28(33-8)25(27(24)32)29-18-11-19-30(6)7/h12,14,16,23-24,27,29,32H,9-11,13,15,17-19H2,1-8H3/b21-14+,22-16+/t23-,24-,27-/m0/s1. The van der Waals surface area contributed by atoms with Crippen LogP contribution in [0.5, 0.6) is 0 Å². The number of Topliss-reactive ketones (excluding diaryl/α,β-unsaturated/α-hetero) is 1. The zero-order valence-electron chi connectivity index (χ0n) is 22.3. The van der Waals surface area contributed by atoms with Gasteiger partial charge in [-0.25, -0.2) is 0 Å². The van der Waals surface area contributed by atoms with Gasteiger partial charge in [-0.3, -0.25) is 4.79 Å². The van der Waals surface area contributed by atoms with E-state index < -0.39 is 6.10 Å². The number of nitrogens with one attached hydrogen (secondary N) is 1. The molecule has 2 N–H and O–H groups in total. The minimum atomic E-state index is -0.728. The molecule has 0 spiro atoms. The molecule has 0 aromatic carbocycles. The van der Waals surface area contributed by atoms with Gasteiger partial charge in [0, 0.05) is 18.4 Å². The molecule has 0 aliphatic heterocycles. The van der Waals surface area contributed by atoms with Gasteiger partial charge < -0.3 is 20.1 Å². The number of carbonyl (C=O) groups excluding carboxylic acids is 1. The van der Waals surface area contributed by atoms with Crippen LogP contribution in [0.2, 0.25) is 0 Å². The molecule has 3 atom stereocenters. The first-order chi connectivity index (χ1) is 15.6. The van der Waals surface area contributed by atoms with Crippen LogP contribution >= 0.6 is 0 Å². The van der Waals surface area contributed by atoms with Crippen LogP contribution in [0.4, 0.5) is 0 Å². The smallest absolute Gasteiger partial charge is 0.202 e. The molecule has 0 fully saturated rings. The Hall–Kier alpha value is -1.85. The number of nitrogens with zero attached hydrogens (tertiary/aromatic N) is 1. The lowest BCUT2D eigenvalue weighted by Gasteiger charge is -2.35. The summed E-state index contributed by atoms with van der Waals surface area (Å²) < 4.78 is 5.40. The summed E-state index contributed by atoms with van der Waals surface area (Å²) in [6.07, 6.45) is 11.9. The molecule has 0 amide bonds. The monoisotopic (exact) mass is 460 g/mol. The Labute approximate surface area is 202 Å². The number of ketones is 1. The predicted molar refractivity (Wildman–Crippen MR) is 139 cm³/mol. The first kappa shape index (κ1) is 29.2. The van der Waals surface area contributed by atoms with Crippen molar-refractivity contribution in [2.75, 3.05) is 34.3 Å². The summed E-state index contributed by atoms with van der Waals surface area (Å²) >= 11 is 0. The maximum Gasteiger partial charge on any atom is 0.202 e. The summed E-state index contributed by atoms with van der Waals surface area (Å²) in [5.41, 5.74) is 4.66. The Bertz CT molecular complexity index is 742. The molecule has 1 rings (SSSR count). The molecule has 0 aromatic rings. The van der Waals surface area contributed by atoms with Crippen molar-refractivity contribution >= 4 is 5.78 Å². The molecule has 5 heteroatoms. The lowest BCUT2D eigenvalue weighted by molar-refractivity contribution is -0.126. The van der Waals surface area contributed by atoms with Crippen molar-refractivity contribution in [1.82, 2.24) is 10.2 Å². The van der Waals surface area contributed by atoms with Crippen LogP contribution in [0.15, 0.2) is 46.4 Å². The Morgan fingerprint density at radius 2 is 1.67 bits per heavy atom. The molecule has 0 saturated heterocycles. The molecule has 33 heavy (non-hydrogen) atoms. The molecule has 0 aromatic heterocycles. The maximum atomic E-state index is 12.9. The Morgan fingerprint density at radius 1 is 1.06 bits per heavy atom. The van der Waals surface area contributed by atoms with E-state index in [0.29, 0.717) is 18.7 Å². The molecule has 5 nitrogen and oxygen atoms in total. The number of ether oxygens (including phenoxy) is 1. The van der Waals surface area contributed by atoms with Gasteiger partial charge in [-0.1, -0.05) is 41.9 Å². The average molecular weight is 461 g/mol. The molecule has 0 heterocycles. The van der Waals surface area contributed by atoms with Crippen molar-refractivity contribution in [2.45, 2.75) is 79.2 Å². The van der Waals surface area contributed by atoms with Crippen LogP contribution in [0.3, 0.4) is 0 Å². The van der Waals surface area contributed by atoms with Crippen molar-refractivity contribution in [3.63, 3.8) is 0 Å². The summed E-state index contributed by atoms with van der Waals surface area (Å²) in [5, 5.41) is 14.4. The number of rotatable bonds is 14. The number of allylic oxidation sites excluding steroid dienone is 7. The first-order valence-electron chi connectivity index (χ1n) is 12.4. The second kappa shape index (κ2) is 15.1. The van der Waals surface area contributed by atoms with Gasteiger partial charge in [0.1, 0.15) is 6.10 Å². The van der Waals surface area contributed by atoms with Crippen molar-refractivity contribution in [1.29, 1.82) is 0 Å². The third kappa shape index (κ3) is 10.3. The fourth-order valence-electron chi connectivity index (χ4n) is 4.18. The zero-order valence-corrected chi connectivity index (χ0v) is 22.3. The van der Waals surface area contributed by atoms with Gasteiger partial charge in [-0.2, -0.15) is 0 Å². The zero-order chi connectivity index (χ0) is 25.0. The predicted octanol–water partition coefficient (Wildman–Crippen LogP) is 5.39. The van der Waals surface area contributed by atoms with Crippen LogP contribution in [0, 0.1) is 11.8 Å². The van der Waals surface area contributed by atoms with Gasteiger partial charge >= 0.3 is 0 Å². The van der Waals surface area contributed by atoms with Gasteiger partial charge in [0.05, 0.1) is 12.8 Å². The van der Waals surface area contributed by atoms with E-state index in [1.165, 1.54) is 23.8 Å². The highest BCUT2D eigenvalue weighted by Gasteiger charge is 2.41. The number of hydrogen-bond donors (Lipinski definition) is 2. The van der Waals surface area contributed by atoms with Crippen LogP contribution in [0.25, 0.3) is 0 Å². The minimum Gasteiger partial charge on any atom is -0.491 e. The largest absolute Gasteiger partial charge is 0.491 e.